The number of carbonyl (C=O) groups excluding carboxylic acids is 7. The summed E-state index contributed by atoms with van der Waals surface area (Å²) < 4.78 is 4.70. The minimum Gasteiger partial charge on any atom is -0.480 e. The minimum absolute atomic E-state index is 0.0906. The van der Waals surface area contributed by atoms with E-state index >= 15 is 0 Å². The molecule has 0 spiro atoms. The van der Waals surface area contributed by atoms with Crippen LogP contribution in [-0.4, -0.2) is 103 Å². The average Bonchev–Trinajstić information content (AvgIpc) is 3.32. The van der Waals surface area contributed by atoms with Crippen molar-refractivity contribution in [1.82, 2.24) is 31.5 Å². The molecule has 2 rings (SSSR count). The maximum absolute atomic E-state index is 12.8. The molecule has 0 saturated carbocycles. The molecule has 0 aliphatic carbocycles. The second-order valence-corrected chi connectivity index (χ2v) is 9.54. The Balaban J connectivity index is 1.69. The molecular weight excluding hydrogens is 580 g/mol. The number of nitrogens with zero attached hydrogens (tertiary/aromatic N) is 1. The maximum atomic E-state index is 12.8. The lowest BCUT2D eigenvalue weighted by atomic mass is 10.1. The number of amides is 7. The van der Waals surface area contributed by atoms with Gasteiger partial charge in [0.25, 0.3) is 11.8 Å². The molecule has 44 heavy (non-hydrogen) atoms. The fourth-order valence-corrected chi connectivity index (χ4v) is 3.82. The van der Waals surface area contributed by atoms with Gasteiger partial charge in [0.2, 0.25) is 29.5 Å². The molecule has 0 radical (unpaired) electrons. The number of ether oxygens (including phenoxy) is 1. The standard InChI is InChI=1S/C28H36N6O10/c35-21(9-5-2-6-12-34-25(39)10-11-26(34)40)29-14-22(36)30-16-24(38)33-20(13-19-7-3-1-4-8-19)28(43)31-15-23(37)32-18-44-17-27(41)42/h1,3-4,7-8,10-11,20H,2,5-6,9,12-18H2,(H,29,35)(H,30,36)(H,31,43)(H,32,37)(H,33,38)(H,41,42). The van der Waals surface area contributed by atoms with Crippen molar-refractivity contribution in [1.29, 1.82) is 0 Å². The first-order valence-corrected chi connectivity index (χ1v) is 13.8. The number of nitrogens with one attached hydrogen (secondary N) is 5. The van der Waals surface area contributed by atoms with E-state index < -0.39 is 55.3 Å². The van der Waals surface area contributed by atoms with Gasteiger partial charge in [-0.25, -0.2) is 4.79 Å². The Bertz CT molecular complexity index is 1220. The SMILES string of the molecule is O=C(O)COCNC(=O)CNC(=O)C(Cc1ccccc1)NC(=O)CNC(=O)CNC(=O)CCCCCN1C(=O)C=CC1=O. The lowest BCUT2D eigenvalue weighted by molar-refractivity contribution is -0.143. The van der Waals surface area contributed by atoms with Crippen LogP contribution < -0.4 is 26.6 Å². The summed E-state index contributed by atoms with van der Waals surface area (Å²) in [5, 5.41) is 20.5. The van der Waals surface area contributed by atoms with Crippen molar-refractivity contribution in [3.8, 4) is 0 Å². The predicted octanol–water partition coefficient (Wildman–Crippen LogP) is -2.28. The first-order valence-electron chi connectivity index (χ1n) is 13.8. The number of hydrogen-bond acceptors (Lipinski definition) is 9. The number of aliphatic carboxylic acids is 1. The Morgan fingerprint density at radius 2 is 1.36 bits per heavy atom. The van der Waals surface area contributed by atoms with E-state index in [4.69, 9.17) is 9.84 Å². The molecule has 7 amide bonds. The molecule has 6 N–H and O–H groups in total. The highest BCUT2D eigenvalue weighted by molar-refractivity contribution is 6.12. The minimum atomic E-state index is -1.21. The summed E-state index contributed by atoms with van der Waals surface area (Å²) in [6, 6.07) is 7.69. The molecule has 1 aliphatic rings. The predicted molar refractivity (Wildman–Crippen MR) is 152 cm³/mol. The second-order valence-electron chi connectivity index (χ2n) is 9.54. The van der Waals surface area contributed by atoms with E-state index in [1.54, 1.807) is 30.3 Å². The molecule has 1 aromatic carbocycles. The van der Waals surface area contributed by atoms with Gasteiger partial charge in [-0.15, -0.1) is 0 Å². The molecule has 16 nitrogen and oxygen atoms in total. The van der Waals surface area contributed by atoms with Crippen molar-refractivity contribution in [2.24, 2.45) is 0 Å². The zero-order chi connectivity index (χ0) is 32.3. The van der Waals surface area contributed by atoms with Crippen LogP contribution in [0.25, 0.3) is 0 Å². The van der Waals surface area contributed by atoms with E-state index in [-0.39, 0.29) is 50.4 Å². The van der Waals surface area contributed by atoms with Crippen LogP contribution in [0, 0.1) is 0 Å². The smallest absolute Gasteiger partial charge is 0.329 e. The number of carbonyl (C=O) groups is 8. The normalized spacial score (nSPS) is 12.8. The van der Waals surface area contributed by atoms with Crippen molar-refractivity contribution in [2.45, 2.75) is 38.1 Å². The number of benzene rings is 1. The summed E-state index contributed by atoms with van der Waals surface area (Å²) in [7, 11) is 0. The van der Waals surface area contributed by atoms with Crippen LogP contribution in [0.3, 0.4) is 0 Å². The molecule has 0 saturated heterocycles. The van der Waals surface area contributed by atoms with Crippen molar-refractivity contribution < 1.29 is 48.2 Å². The van der Waals surface area contributed by atoms with E-state index in [2.05, 4.69) is 26.6 Å². The van der Waals surface area contributed by atoms with Crippen LogP contribution in [0.5, 0.6) is 0 Å². The summed E-state index contributed by atoms with van der Waals surface area (Å²) in [5.41, 5.74) is 0.723. The number of hydrogen-bond donors (Lipinski definition) is 6. The third-order valence-corrected chi connectivity index (χ3v) is 6.03. The molecule has 1 unspecified atom stereocenters. The van der Waals surface area contributed by atoms with Crippen LogP contribution in [-0.2, 0) is 49.5 Å². The highest BCUT2D eigenvalue weighted by Gasteiger charge is 2.23. The maximum Gasteiger partial charge on any atom is 0.329 e. The summed E-state index contributed by atoms with van der Waals surface area (Å²) in [6.45, 7) is -2.00. The van der Waals surface area contributed by atoms with Gasteiger partial charge in [0.15, 0.2) is 0 Å². The Morgan fingerprint density at radius 3 is 2.05 bits per heavy atom. The molecule has 1 aliphatic heterocycles. The molecule has 1 aromatic rings. The van der Waals surface area contributed by atoms with Crippen molar-refractivity contribution in [3.05, 3.63) is 48.0 Å². The largest absolute Gasteiger partial charge is 0.480 e. The lowest BCUT2D eigenvalue weighted by Crippen LogP contribution is -2.52. The monoisotopic (exact) mass is 616 g/mol. The second kappa shape index (κ2) is 19.1. The third-order valence-electron chi connectivity index (χ3n) is 6.03. The van der Waals surface area contributed by atoms with Crippen LogP contribution in [0.4, 0.5) is 0 Å². The van der Waals surface area contributed by atoms with Crippen molar-refractivity contribution >= 4 is 47.3 Å². The van der Waals surface area contributed by atoms with Gasteiger partial charge >= 0.3 is 5.97 Å². The Morgan fingerprint density at radius 1 is 0.750 bits per heavy atom. The van der Waals surface area contributed by atoms with Gasteiger partial charge in [-0.3, -0.25) is 38.5 Å². The van der Waals surface area contributed by atoms with Gasteiger partial charge in [0.1, 0.15) is 19.4 Å². The summed E-state index contributed by atoms with van der Waals surface area (Å²) in [6.07, 6.45) is 4.28. The molecule has 1 atom stereocenters. The number of carboxylic acids is 1. The molecule has 16 heteroatoms. The van der Waals surface area contributed by atoms with E-state index in [0.717, 1.165) is 10.5 Å². The van der Waals surface area contributed by atoms with Crippen molar-refractivity contribution in [2.75, 3.05) is 39.5 Å². The van der Waals surface area contributed by atoms with Gasteiger partial charge in [-0.1, -0.05) is 36.8 Å². The van der Waals surface area contributed by atoms with E-state index in [0.29, 0.717) is 19.3 Å². The topological polar surface area (TPSA) is 229 Å². The molecule has 0 fully saturated rings. The van der Waals surface area contributed by atoms with Crippen LogP contribution in [0.15, 0.2) is 42.5 Å². The average molecular weight is 617 g/mol. The summed E-state index contributed by atoms with van der Waals surface area (Å²) >= 11 is 0. The highest BCUT2D eigenvalue weighted by atomic mass is 16.5. The molecule has 0 bridgehead atoms. The Kier molecular flexibility index (Phi) is 15.3. The van der Waals surface area contributed by atoms with Crippen LogP contribution in [0.1, 0.15) is 31.2 Å². The molecule has 0 aromatic heterocycles. The molecule has 238 valence electrons. The Labute approximate surface area is 252 Å². The molecule has 1 heterocycles. The van der Waals surface area contributed by atoms with Gasteiger partial charge in [-0.05, 0) is 18.4 Å². The zero-order valence-corrected chi connectivity index (χ0v) is 24.0. The fourth-order valence-electron chi connectivity index (χ4n) is 3.82. The first-order chi connectivity index (χ1) is 21.0. The van der Waals surface area contributed by atoms with Crippen LogP contribution in [0.2, 0.25) is 0 Å². The van der Waals surface area contributed by atoms with Crippen LogP contribution >= 0.6 is 0 Å². The number of rotatable bonds is 20. The lowest BCUT2D eigenvalue weighted by Gasteiger charge is -2.19. The third kappa shape index (κ3) is 14.2. The van der Waals surface area contributed by atoms with E-state index in [9.17, 15) is 38.4 Å². The van der Waals surface area contributed by atoms with Gasteiger partial charge < -0.3 is 36.4 Å². The fraction of sp³-hybridized carbons (Fsp3) is 0.429. The number of carboxylic acid groups (broad SMARTS) is 1. The summed E-state index contributed by atoms with van der Waals surface area (Å²) in [5.74, 6) is -4.92. The Hall–Kier alpha value is -5.12. The van der Waals surface area contributed by atoms with Gasteiger partial charge in [0, 0.05) is 31.5 Å². The number of imide groups is 1. The highest BCUT2D eigenvalue weighted by Crippen LogP contribution is 2.08. The van der Waals surface area contributed by atoms with E-state index in [1.807, 2.05) is 0 Å². The van der Waals surface area contributed by atoms with Crippen molar-refractivity contribution in [3.63, 3.8) is 0 Å². The quantitative estimate of drug-likeness (QED) is 0.0522. The summed E-state index contributed by atoms with van der Waals surface area (Å²) in [4.78, 5) is 95.9. The number of unbranched alkanes of at least 4 members (excludes halogenated alkanes) is 2. The van der Waals surface area contributed by atoms with E-state index in [1.165, 1.54) is 12.2 Å². The molecular formula is C28H36N6O10. The van der Waals surface area contributed by atoms with Gasteiger partial charge in [0.05, 0.1) is 19.6 Å². The van der Waals surface area contributed by atoms with Gasteiger partial charge in [-0.2, -0.15) is 0 Å². The zero-order valence-electron chi connectivity index (χ0n) is 24.0. The first kappa shape index (κ1) is 35.1.